The molecular formula is C14H13N3O2. The fraction of sp³-hybridized carbons (Fsp3) is 0.143. The van der Waals surface area contributed by atoms with Crippen molar-refractivity contribution in [3.63, 3.8) is 0 Å². The van der Waals surface area contributed by atoms with Crippen LogP contribution in [-0.2, 0) is 0 Å². The van der Waals surface area contributed by atoms with Crippen LogP contribution in [0.4, 0.5) is 0 Å². The Morgan fingerprint density at radius 3 is 2.53 bits per heavy atom. The zero-order valence-electron chi connectivity index (χ0n) is 10.7. The maximum Gasteiger partial charge on any atom is 0.162 e. The van der Waals surface area contributed by atoms with E-state index in [1.54, 1.807) is 25.1 Å². The molecule has 5 nitrogen and oxygen atoms in total. The summed E-state index contributed by atoms with van der Waals surface area (Å²) in [4.78, 5) is 4.27. The Hall–Kier alpha value is -2.56. The lowest BCUT2D eigenvalue weighted by atomic mass is 10.2. The minimum atomic E-state index is 0.668. The van der Waals surface area contributed by atoms with Gasteiger partial charge in [-0.3, -0.25) is 0 Å². The summed E-state index contributed by atoms with van der Waals surface area (Å²) in [6.07, 6.45) is 3.66. The molecule has 0 aliphatic rings. The first kappa shape index (κ1) is 11.5. The fourth-order valence-electron chi connectivity index (χ4n) is 1.96. The van der Waals surface area contributed by atoms with Crippen LogP contribution in [0, 0.1) is 0 Å². The zero-order chi connectivity index (χ0) is 13.2. The first-order valence-electron chi connectivity index (χ1n) is 5.84. The number of hydrogen-bond acceptors (Lipinski definition) is 4. The molecule has 0 saturated heterocycles. The van der Waals surface area contributed by atoms with Crippen LogP contribution in [0.2, 0.25) is 0 Å². The third-order valence-corrected chi connectivity index (χ3v) is 2.89. The number of benzene rings is 1. The zero-order valence-corrected chi connectivity index (χ0v) is 10.7. The monoisotopic (exact) mass is 255 g/mol. The third kappa shape index (κ3) is 1.99. The van der Waals surface area contributed by atoms with Gasteiger partial charge in [0, 0.05) is 23.8 Å². The predicted octanol–water partition coefficient (Wildman–Crippen LogP) is 2.44. The molecule has 19 heavy (non-hydrogen) atoms. The van der Waals surface area contributed by atoms with E-state index in [1.807, 2.05) is 36.5 Å². The van der Waals surface area contributed by atoms with Gasteiger partial charge in [-0.2, -0.15) is 5.10 Å². The van der Waals surface area contributed by atoms with Crippen LogP contribution in [0.1, 0.15) is 0 Å². The van der Waals surface area contributed by atoms with Crippen molar-refractivity contribution in [2.75, 3.05) is 14.2 Å². The second-order valence-electron chi connectivity index (χ2n) is 4.03. The van der Waals surface area contributed by atoms with Crippen molar-refractivity contribution >= 4 is 10.9 Å². The summed E-state index contributed by atoms with van der Waals surface area (Å²) in [7, 11) is 3.23. The summed E-state index contributed by atoms with van der Waals surface area (Å²) in [6.45, 7) is 0. The molecule has 0 spiro atoms. The molecular weight excluding hydrogens is 242 g/mol. The van der Waals surface area contributed by atoms with Crippen LogP contribution in [0.5, 0.6) is 11.5 Å². The quantitative estimate of drug-likeness (QED) is 0.721. The Bertz CT molecular complexity index is 666. The number of pyridine rings is 1. The Morgan fingerprint density at radius 1 is 1.05 bits per heavy atom. The van der Waals surface area contributed by atoms with E-state index in [0.29, 0.717) is 11.5 Å². The summed E-state index contributed by atoms with van der Waals surface area (Å²) >= 11 is 0. The van der Waals surface area contributed by atoms with Crippen molar-refractivity contribution in [3.05, 3.63) is 42.7 Å². The van der Waals surface area contributed by atoms with Gasteiger partial charge in [-0.25, -0.2) is 9.67 Å². The standard InChI is InChI=1S/C14H13N3O2/c1-18-12-7-10-9-17(14-5-3-4-6-15-14)16-11(10)8-13(12)19-2/h3-9H,1-2H3. The van der Waals surface area contributed by atoms with E-state index in [9.17, 15) is 0 Å². The minimum absolute atomic E-state index is 0.668. The molecule has 0 saturated carbocycles. The molecule has 5 heteroatoms. The van der Waals surface area contributed by atoms with Crippen LogP contribution < -0.4 is 9.47 Å². The number of nitrogens with zero attached hydrogens (tertiary/aromatic N) is 3. The number of hydrogen-bond donors (Lipinski definition) is 0. The van der Waals surface area contributed by atoms with E-state index in [1.165, 1.54) is 0 Å². The molecule has 0 amide bonds. The number of rotatable bonds is 3. The van der Waals surface area contributed by atoms with Crippen LogP contribution in [0.3, 0.4) is 0 Å². The van der Waals surface area contributed by atoms with Crippen molar-refractivity contribution in [1.29, 1.82) is 0 Å². The highest BCUT2D eigenvalue weighted by Crippen LogP contribution is 2.31. The van der Waals surface area contributed by atoms with Crippen molar-refractivity contribution in [3.8, 4) is 17.3 Å². The molecule has 0 atom stereocenters. The Kier molecular flexibility index (Phi) is 2.79. The number of aromatic nitrogens is 3. The summed E-state index contributed by atoms with van der Waals surface area (Å²) in [6, 6.07) is 9.46. The van der Waals surface area contributed by atoms with E-state index in [-0.39, 0.29) is 0 Å². The SMILES string of the molecule is COc1cc2cn(-c3ccccn3)nc2cc1OC. The molecule has 2 aromatic heterocycles. The average Bonchev–Trinajstić information content (AvgIpc) is 2.89. The fourth-order valence-corrected chi connectivity index (χ4v) is 1.96. The van der Waals surface area contributed by atoms with E-state index in [4.69, 9.17) is 9.47 Å². The summed E-state index contributed by atoms with van der Waals surface area (Å²) in [5.41, 5.74) is 0.836. The molecule has 0 N–H and O–H groups in total. The van der Waals surface area contributed by atoms with Crippen LogP contribution >= 0.6 is 0 Å². The van der Waals surface area contributed by atoms with Gasteiger partial charge in [0.05, 0.1) is 19.7 Å². The van der Waals surface area contributed by atoms with Crippen LogP contribution in [0.15, 0.2) is 42.7 Å². The van der Waals surface area contributed by atoms with E-state index < -0.39 is 0 Å². The van der Waals surface area contributed by atoms with Gasteiger partial charge >= 0.3 is 0 Å². The molecule has 3 rings (SSSR count). The summed E-state index contributed by atoms with van der Waals surface area (Å²) < 4.78 is 12.3. The largest absolute Gasteiger partial charge is 0.493 e. The molecule has 0 fully saturated rings. The molecule has 1 aromatic carbocycles. The predicted molar refractivity (Wildman–Crippen MR) is 72.0 cm³/mol. The smallest absolute Gasteiger partial charge is 0.162 e. The van der Waals surface area contributed by atoms with Gasteiger partial charge in [-0.05, 0) is 18.2 Å². The van der Waals surface area contributed by atoms with Crippen molar-refractivity contribution in [2.24, 2.45) is 0 Å². The molecule has 0 radical (unpaired) electrons. The normalized spacial score (nSPS) is 10.6. The van der Waals surface area contributed by atoms with Crippen LogP contribution in [0.25, 0.3) is 16.7 Å². The van der Waals surface area contributed by atoms with Crippen molar-refractivity contribution in [1.82, 2.24) is 14.8 Å². The lowest BCUT2D eigenvalue weighted by Crippen LogP contribution is -1.96. The lowest BCUT2D eigenvalue weighted by molar-refractivity contribution is 0.356. The van der Waals surface area contributed by atoms with Crippen molar-refractivity contribution in [2.45, 2.75) is 0 Å². The second-order valence-corrected chi connectivity index (χ2v) is 4.03. The highest BCUT2D eigenvalue weighted by Gasteiger charge is 2.09. The molecule has 0 aliphatic carbocycles. The summed E-state index contributed by atoms with van der Waals surface area (Å²) in [5, 5.41) is 5.46. The van der Waals surface area contributed by atoms with E-state index >= 15 is 0 Å². The Labute approximate surface area is 110 Å². The van der Waals surface area contributed by atoms with E-state index in [2.05, 4.69) is 10.1 Å². The highest BCUT2D eigenvalue weighted by molar-refractivity contribution is 5.82. The number of ether oxygens (including phenoxy) is 2. The van der Waals surface area contributed by atoms with Crippen LogP contribution in [-0.4, -0.2) is 29.0 Å². The summed E-state index contributed by atoms with van der Waals surface area (Å²) in [5.74, 6) is 2.13. The third-order valence-electron chi connectivity index (χ3n) is 2.89. The Balaban J connectivity index is 2.16. The topological polar surface area (TPSA) is 49.2 Å². The maximum atomic E-state index is 5.28. The second kappa shape index (κ2) is 4.61. The molecule has 0 aliphatic heterocycles. The lowest BCUT2D eigenvalue weighted by Gasteiger charge is -2.05. The molecule has 2 heterocycles. The minimum Gasteiger partial charge on any atom is -0.493 e. The van der Waals surface area contributed by atoms with Gasteiger partial charge < -0.3 is 9.47 Å². The van der Waals surface area contributed by atoms with Gasteiger partial charge in [0.2, 0.25) is 0 Å². The molecule has 96 valence electrons. The first-order chi connectivity index (χ1) is 9.31. The molecule has 3 aromatic rings. The molecule has 0 unspecified atom stereocenters. The average molecular weight is 255 g/mol. The first-order valence-corrected chi connectivity index (χ1v) is 5.84. The van der Waals surface area contributed by atoms with Crippen molar-refractivity contribution < 1.29 is 9.47 Å². The number of fused-ring (bicyclic) bond motifs is 1. The maximum absolute atomic E-state index is 5.28. The molecule has 0 bridgehead atoms. The van der Waals surface area contributed by atoms with Gasteiger partial charge in [0.25, 0.3) is 0 Å². The van der Waals surface area contributed by atoms with E-state index in [0.717, 1.165) is 16.7 Å². The number of methoxy groups -OCH3 is 2. The highest BCUT2D eigenvalue weighted by atomic mass is 16.5. The van der Waals surface area contributed by atoms with Gasteiger partial charge in [0.15, 0.2) is 17.3 Å². The van der Waals surface area contributed by atoms with Gasteiger partial charge in [-0.15, -0.1) is 0 Å². The Morgan fingerprint density at radius 2 is 1.84 bits per heavy atom. The van der Waals surface area contributed by atoms with Gasteiger partial charge in [-0.1, -0.05) is 6.07 Å². The van der Waals surface area contributed by atoms with Gasteiger partial charge in [0.1, 0.15) is 0 Å².